The number of hydrogen-bond donors (Lipinski definition) is 2. The van der Waals surface area contributed by atoms with Crippen LogP contribution >= 0.6 is 15.9 Å². The van der Waals surface area contributed by atoms with E-state index in [1.807, 2.05) is 12.1 Å². The highest BCUT2D eigenvalue weighted by Gasteiger charge is 2.31. The van der Waals surface area contributed by atoms with Crippen LogP contribution in [0.5, 0.6) is 5.75 Å². The lowest BCUT2D eigenvalue weighted by atomic mass is 10.0. The number of nitrogens with zero attached hydrogens (tertiary/aromatic N) is 1. The number of ether oxygens (including phenoxy) is 1. The quantitative estimate of drug-likeness (QED) is 0.810. The standard InChI is InChI=1S/C15H21BrN2O2/c1-15(2,18-5-7-20-8-6-18)11-17-10-12-9-13(16)3-4-14(12)19/h3-4,9-10,19H,5-8,11H2,1-2H3/p+1. The zero-order chi connectivity index (χ0) is 14.6. The van der Waals surface area contributed by atoms with Crippen LogP contribution in [0.25, 0.3) is 0 Å². The minimum atomic E-state index is 0.0852. The summed E-state index contributed by atoms with van der Waals surface area (Å²) < 4.78 is 6.34. The van der Waals surface area contributed by atoms with Gasteiger partial charge in [0.25, 0.3) is 0 Å². The Balaban J connectivity index is 1.99. The van der Waals surface area contributed by atoms with Crippen molar-refractivity contribution in [3.8, 4) is 5.75 Å². The van der Waals surface area contributed by atoms with E-state index in [4.69, 9.17) is 4.74 Å². The van der Waals surface area contributed by atoms with Gasteiger partial charge in [-0.1, -0.05) is 15.9 Å². The number of aromatic hydroxyl groups is 1. The lowest BCUT2D eigenvalue weighted by Crippen LogP contribution is -3.21. The highest BCUT2D eigenvalue weighted by atomic mass is 79.9. The van der Waals surface area contributed by atoms with Crippen molar-refractivity contribution >= 4 is 22.1 Å². The fraction of sp³-hybridized carbons (Fsp3) is 0.533. The fourth-order valence-corrected chi connectivity index (χ4v) is 2.79. The topological polar surface area (TPSA) is 46.3 Å². The van der Waals surface area contributed by atoms with Crippen molar-refractivity contribution < 1.29 is 14.7 Å². The van der Waals surface area contributed by atoms with Gasteiger partial charge in [0.15, 0.2) is 0 Å². The minimum absolute atomic E-state index is 0.0852. The molecule has 0 aromatic heterocycles. The summed E-state index contributed by atoms with van der Waals surface area (Å²) in [6.45, 7) is 8.91. The van der Waals surface area contributed by atoms with E-state index in [1.165, 1.54) is 4.90 Å². The van der Waals surface area contributed by atoms with Crippen LogP contribution < -0.4 is 4.90 Å². The van der Waals surface area contributed by atoms with Gasteiger partial charge in [0.1, 0.15) is 24.4 Å². The van der Waals surface area contributed by atoms with Crippen LogP contribution in [-0.4, -0.2) is 49.7 Å². The third-order valence-electron chi connectivity index (χ3n) is 3.76. The van der Waals surface area contributed by atoms with Gasteiger partial charge in [-0.3, -0.25) is 4.99 Å². The second kappa shape index (κ2) is 6.70. The van der Waals surface area contributed by atoms with Crippen LogP contribution in [0, 0.1) is 0 Å². The Hall–Kier alpha value is -0.910. The molecular formula is C15H22BrN2O2+. The summed E-state index contributed by atoms with van der Waals surface area (Å²) >= 11 is 3.40. The number of aliphatic imine (C=N–C) groups is 1. The van der Waals surface area contributed by atoms with E-state index in [9.17, 15) is 5.11 Å². The molecule has 1 aromatic carbocycles. The van der Waals surface area contributed by atoms with Gasteiger partial charge in [-0.05, 0) is 32.0 Å². The molecule has 0 spiro atoms. The van der Waals surface area contributed by atoms with Gasteiger partial charge in [0.2, 0.25) is 0 Å². The van der Waals surface area contributed by atoms with E-state index < -0.39 is 0 Å². The van der Waals surface area contributed by atoms with Crippen molar-refractivity contribution in [1.82, 2.24) is 0 Å². The first-order valence-corrected chi connectivity index (χ1v) is 7.69. The van der Waals surface area contributed by atoms with Crippen LogP contribution in [0.15, 0.2) is 27.7 Å². The number of nitrogens with one attached hydrogen (secondary N) is 1. The third kappa shape index (κ3) is 4.04. The van der Waals surface area contributed by atoms with Crippen LogP contribution in [0.4, 0.5) is 0 Å². The van der Waals surface area contributed by atoms with Crippen molar-refractivity contribution in [2.45, 2.75) is 19.4 Å². The summed E-state index contributed by atoms with van der Waals surface area (Å²) in [5, 5.41) is 9.78. The highest BCUT2D eigenvalue weighted by Crippen LogP contribution is 2.20. The highest BCUT2D eigenvalue weighted by molar-refractivity contribution is 9.10. The molecular weight excluding hydrogens is 320 g/mol. The number of rotatable bonds is 4. The first-order valence-electron chi connectivity index (χ1n) is 6.90. The molecule has 5 heteroatoms. The minimum Gasteiger partial charge on any atom is -0.507 e. The molecule has 1 fully saturated rings. The Morgan fingerprint density at radius 3 is 2.80 bits per heavy atom. The Kier molecular flexibility index (Phi) is 5.18. The van der Waals surface area contributed by atoms with Crippen molar-refractivity contribution in [3.63, 3.8) is 0 Å². The molecule has 0 unspecified atom stereocenters. The third-order valence-corrected chi connectivity index (χ3v) is 4.25. The second-order valence-electron chi connectivity index (χ2n) is 5.77. The molecule has 0 bridgehead atoms. The van der Waals surface area contributed by atoms with Gasteiger partial charge in [0, 0.05) is 16.3 Å². The molecule has 1 aliphatic heterocycles. The molecule has 0 amide bonds. The molecule has 0 atom stereocenters. The number of phenols is 1. The molecule has 110 valence electrons. The average Bonchev–Trinajstić information content (AvgIpc) is 2.43. The monoisotopic (exact) mass is 341 g/mol. The van der Waals surface area contributed by atoms with Crippen molar-refractivity contribution in [2.75, 3.05) is 32.8 Å². The predicted molar refractivity (Wildman–Crippen MR) is 83.9 cm³/mol. The Morgan fingerprint density at radius 2 is 2.10 bits per heavy atom. The molecule has 4 nitrogen and oxygen atoms in total. The van der Waals surface area contributed by atoms with Crippen LogP contribution in [0.2, 0.25) is 0 Å². The molecule has 0 aliphatic carbocycles. The summed E-state index contributed by atoms with van der Waals surface area (Å²) in [5.41, 5.74) is 0.828. The first kappa shape index (κ1) is 15.5. The molecule has 2 N–H and O–H groups in total. The van der Waals surface area contributed by atoms with Crippen molar-refractivity contribution in [3.05, 3.63) is 28.2 Å². The molecule has 1 aromatic rings. The second-order valence-corrected chi connectivity index (χ2v) is 6.69. The molecule has 0 radical (unpaired) electrons. The van der Waals surface area contributed by atoms with Gasteiger partial charge in [-0.15, -0.1) is 0 Å². The van der Waals surface area contributed by atoms with Crippen LogP contribution in [0.3, 0.4) is 0 Å². The van der Waals surface area contributed by atoms with Gasteiger partial charge < -0.3 is 14.7 Å². The summed E-state index contributed by atoms with van der Waals surface area (Å²) in [6.07, 6.45) is 1.75. The molecule has 2 rings (SSSR count). The average molecular weight is 342 g/mol. The Morgan fingerprint density at radius 1 is 1.40 bits per heavy atom. The lowest BCUT2D eigenvalue weighted by molar-refractivity contribution is -0.953. The van der Waals surface area contributed by atoms with Crippen LogP contribution in [0.1, 0.15) is 19.4 Å². The van der Waals surface area contributed by atoms with Gasteiger partial charge in [-0.2, -0.15) is 0 Å². The zero-order valence-electron chi connectivity index (χ0n) is 12.0. The number of benzene rings is 1. The largest absolute Gasteiger partial charge is 0.507 e. The maximum Gasteiger partial charge on any atom is 0.124 e. The maximum absolute atomic E-state index is 9.78. The summed E-state index contributed by atoms with van der Waals surface area (Å²) in [5.74, 6) is 0.258. The molecule has 1 saturated heterocycles. The lowest BCUT2D eigenvalue weighted by Gasteiger charge is -2.36. The number of morpholine rings is 1. The van der Waals surface area contributed by atoms with Gasteiger partial charge >= 0.3 is 0 Å². The van der Waals surface area contributed by atoms with E-state index in [0.29, 0.717) is 0 Å². The Labute approximate surface area is 128 Å². The first-order chi connectivity index (χ1) is 9.49. The Bertz CT molecular complexity index is 483. The van der Waals surface area contributed by atoms with E-state index >= 15 is 0 Å². The SMILES string of the molecule is CC(C)(CN=Cc1cc(Br)ccc1O)[NH+]1CCOCC1. The summed E-state index contributed by atoms with van der Waals surface area (Å²) in [4.78, 5) is 6.05. The predicted octanol–water partition coefficient (Wildman–Crippen LogP) is 1.27. The summed E-state index contributed by atoms with van der Waals surface area (Å²) in [7, 11) is 0. The van der Waals surface area contributed by atoms with Crippen molar-refractivity contribution in [2.24, 2.45) is 4.99 Å². The number of hydrogen-bond acceptors (Lipinski definition) is 3. The number of phenolic OH excluding ortho intramolecular Hbond substituents is 1. The smallest absolute Gasteiger partial charge is 0.124 e. The molecule has 1 aliphatic rings. The van der Waals surface area contributed by atoms with Gasteiger partial charge in [-0.25, -0.2) is 0 Å². The number of halogens is 1. The van der Waals surface area contributed by atoms with Gasteiger partial charge in [0.05, 0.1) is 19.8 Å². The van der Waals surface area contributed by atoms with Crippen molar-refractivity contribution in [1.29, 1.82) is 0 Å². The molecule has 1 heterocycles. The van der Waals surface area contributed by atoms with E-state index in [1.54, 1.807) is 12.3 Å². The van der Waals surface area contributed by atoms with Crippen LogP contribution in [-0.2, 0) is 4.74 Å². The molecule has 20 heavy (non-hydrogen) atoms. The van der Waals surface area contributed by atoms with E-state index in [-0.39, 0.29) is 11.3 Å². The fourth-order valence-electron chi connectivity index (χ4n) is 2.41. The summed E-state index contributed by atoms with van der Waals surface area (Å²) in [6, 6.07) is 5.35. The molecule has 0 saturated carbocycles. The normalized spacial score (nSPS) is 17.8. The van der Waals surface area contributed by atoms with E-state index in [2.05, 4.69) is 34.8 Å². The maximum atomic E-state index is 9.78. The zero-order valence-corrected chi connectivity index (χ0v) is 13.6. The van der Waals surface area contributed by atoms with E-state index in [0.717, 1.165) is 42.9 Å². The number of quaternary nitrogens is 1.